The van der Waals surface area contributed by atoms with Crippen LogP contribution in [0.5, 0.6) is 0 Å². The highest BCUT2D eigenvalue weighted by molar-refractivity contribution is 7.91. The van der Waals surface area contributed by atoms with Crippen LogP contribution in [0.15, 0.2) is 0 Å². The van der Waals surface area contributed by atoms with Crippen molar-refractivity contribution in [2.45, 2.75) is 0 Å². The van der Waals surface area contributed by atoms with E-state index in [0.717, 1.165) is 12.5 Å². The summed E-state index contributed by atoms with van der Waals surface area (Å²) in [5.41, 5.74) is 0. The second kappa shape index (κ2) is 2.07. The summed E-state index contributed by atoms with van der Waals surface area (Å²) >= 11 is 0. The summed E-state index contributed by atoms with van der Waals surface area (Å²) in [4.78, 5) is 0. The monoisotopic (exact) mass is 121 g/mol. The molecule has 0 aliphatic heterocycles. The summed E-state index contributed by atoms with van der Waals surface area (Å²) in [6.45, 7) is 0. The van der Waals surface area contributed by atoms with E-state index in [4.69, 9.17) is 5.41 Å². The van der Waals surface area contributed by atoms with Crippen LogP contribution in [-0.2, 0) is 9.84 Å². The van der Waals surface area contributed by atoms with Crippen LogP contribution in [0.3, 0.4) is 0 Å². The minimum atomic E-state index is -2.92. The first-order valence-electron chi connectivity index (χ1n) is 1.73. The molecule has 0 spiro atoms. The van der Waals surface area contributed by atoms with Gasteiger partial charge in [0.1, 0.15) is 0 Å². The maximum atomic E-state index is 10.1. The minimum Gasteiger partial charge on any atom is -0.312 e. The van der Waals surface area contributed by atoms with E-state index in [0.29, 0.717) is 0 Å². The SMILES string of the molecule is CS(=O)(=O)CC=N. The van der Waals surface area contributed by atoms with E-state index < -0.39 is 9.84 Å². The Morgan fingerprint density at radius 3 is 2.14 bits per heavy atom. The van der Waals surface area contributed by atoms with Crippen molar-refractivity contribution < 1.29 is 8.42 Å². The number of rotatable bonds is 2. The van der Waals surface area contributed by atoms with E-state index in [1.807, 2.05) is 0 Å². The largest absolute Gasteiger partial charge is 0.312 e. The molecule has 4 heteroatoms. The highest BCUT2D eigenvalue weighted by Crippen LogP contribution is 1.74. The van der Waals surface area contributed by atoms with Gasteiger partial charge in [-0.15, -0.1) is 0 Å². The molecule has 7 heavy (non-hydrogen) atoms. The number of sulfone groups is 1. The predicted octanol–water partition coefficient (Wildman–Crippen LogP) is -0.319. The molecule has 0 fully saturated rings. The van der Waals surface area contributed by atoms with E-state index in [9.17, 15) is 8.42 Å². The fourth-order valence-corrected chi connectivity index (χ4v) is 0.454. The summed E-state index contributed by atoms with van der Waals surface area (Å²) in [5.74, 6) is -0.146. The summed E-state index contributed by atoms with van der Waals surface area (Å²) in [6.07, 6.45) is 1.97. The molecule has 1 N–H and O–H groups in total. The third kappa shape index (κ3) is 5.62. The van der Waals surface area contributed by atoms with E-state index in [-0.39, 0.29) is 5.75 Å². The average molecular weight is 121 g/mol. The van der Waals surface area contributed by atoms with Gasteiger partial charge in [0.05, 0.1) is 5.75 Å². The molecule has 0 atom stereocenters. The number of nitrogens with one attached hydrogen (secondary N) is 1. The Hall–Kier alpha value is -0.380. The third-order valence-electron chi connectivity index (χ3n) is 0.386. The predicted molar refractivity (Wildman–Crippen MR) is 28.5 cm³/mol. The van der Waals surface area contributed by atoms with E-state index >= 15 is 0 Å². The van der Waals surface area contributed by atoms with Gasteiger partial charge in [0.25, 0.3) is 0 Å². The van der Waals surface area contributed by atoms with Crippen LogP contribution in [0.25, 0.3) is 0 Å². The summed E-state index contributed by atoms with van der Waals surface area (Å²) in [7, 11) is -2.92. The molecule has 42 valence electrons. The molecular formula is C3H7NO2S. The van der Waals surface area contributed by atoms with E-state index in [1.54, 1.807) is 0 Å². The number of hydrogen-bond acceptors (Lipinski definition) is 3. The molecule has 0 radical (unpaired) electrons. The lowest BCUT2D eigenvalue weighted by Crippen LogP contribution is -2.02. The van der Waals surface area contributed by atoms with Gasteiger partial charge in [-0.25, -0.2) is 8.42 Å². The van der Waals surface area contributed by atoms with Crippen LogP contribution in [-0.4, -0.2) is 26.6 Å². The average Bonchev–Trinajstić information content (AvgIpc) is 1.30. The molecule has 0 aromatic heterocycles. The fraction of sp³-hybridized carbons (Fsp3) is 0.667. The van der Waals surface area contributed by atoms with Crippen LogP contribution in [0.2, 0.25) is 0 Å². The highest BCUT2D eigenvalue weighted by Gasteiger charge is 1.94. The Balaban J connectivity index is 3.84. The molecular weight excluding hydrogens is 114 g/mol. The van der Waals surface area contributed by atoms with Crippen molar-refractivity contribution in [3.63, 3.8) is 0 Å². The first kappa shape index (κ1) is 6.62. The molecule has 0 amide bonds. The van der Waals surface area contributed by atoms with Crippen molar-refractivity contribution in [2.75, 3.05) is 12.0 Å². The van der Waals surface area contributed by atoms with Crippen molar-refractivity contribution in [1.29, 1.82) is 5.41 Å². The zero-order valence-corrected chi connectivity index (χ0v) is 4.83. The molecule has 0 bridgehead atoms. The maximum Gasteiger partial charge on any atom is 0.152 e. The molecule has 0 aromatic carbocycles. The first-order valence-corrected chi connectivity index (χ1v) is 3.79. The Morgan fingerprint density at radius 2 is 2.14 bits per heavy atom. The van der Waals surface area contributed by atoms with Crippen molar-refractivity contribution in [2.24, 2.45) is 0 Å². The van der Waals surface area contributed by atoms with Crippen LogP contribution in [0, 0.1) is 5.41 Å². The van der Waals surface area contributed by atoms with Crippen molar-refractivity contribution in [1.82, 2.24) is 0 Å². The number of hydrogen-bond donors (Lipinski definition) is 1. The van der Waals surface area contributed by atoms with Crippen molar-refractivity contribution in [3.8, 4) is 0 Å². The van der Waals surface area contributed by atoms with Gasteiger partial charge < -0.3 is 5.41 Å². The first-order chi connectivity index (χ1) is 3.06. The fourth-order valence-electron chi connectivity index (χ4n) is 0.151. The van der Waals surface area contributed by atoms with Crippen LogP contribution in [0.4, 0.5) is 0 Å². The van der Waals surface area contributed by atoms with Gasteiger partial charge in [0.2, 0.25) is 0 Å². The molecule has 0 saturated heterocycles. The Labute approximate surface area is 42.8 Å². The minimum absolute atomic E-state index is 0.146. The second-order valence-electron chi connectivity index (χ2n) is 1.30. The third-order valence-corrected chi connectivity index (χ3v) is 1.16. The molecule has 0 aliphatic carbocycles. The van der Waals surface area contributed by atoms with Gasteiger partial charge in [-0.1, -0.05) is 0 Å². The Bertz CT molecular complexity index is 146. The molecule has 0 aromatic rings. The van der Waals surface area contributed by atoms with Crippen molar-refractivity contribution >= 4 is 16.1 Å². The topological polar surface area (TPSA) is 58.0 Å². The van der Waals surface area contributed by atoms with Gasteiger partial charge in [0, 0.05) is 12.5 Å². The molecule has 3 nitrogen and oxygen atoms in total. The second-order valence-corrected chi connectivity index (χ2v) is 3.48. The Kier molecular flexibility index (Phi) is 1.95. The molecule has 0 aliphatic rings. The summed E-state index contributed by atoms with van der Waals surface area (Å²) < 4.78 is 20.2. The van der Waals surface area contributed by atoms with Gasteiger partial charge in [-0.3, -0.25) is 0 Å². The zero-order chi connectivity index (χ0) is 5.91. The molecule has 0 heterocycles. The van der Waals surface area contributed by atoms with E-state index in [2.05, 4.69) is 0 Å². The van der Waals surface area contributed by atoms with Gasteiger partial charge >= 0.3 is 0 Å². The molecule has 0 saturated carbocycles. The van der Waals surface area contributed by atoms with Crippen LogP contribution >= 0.6 is 0 Å². The lowest BCUT2D eigenvalue weighted by molar-refractivity contribution is 0.605. The zero-order valence-electron chi connectivity index (χ0n) is 4.01. The molecule has 0 rings (SSSR count). The van der Waals surface area contributed by atoms with E-state index in [1.165, 1.54) is 0 Å². The standard InChI is InChI=1S/C3H7NO2S/c1-7(5,6)3-2-4/h2,4H,3H2,1H3. The normalized spacial score (nSPS) is 11.0. The maximum absolute atomic E-state index is 10.1. The van der Waals surface area contributed by atoms with Gasteiger partial charge in [-0.05, 0) is 0 Å². The quantitative estimate of drug-likeness (QED) is 0.509. The summed E-state index contributed by atoms with van der Waals surface area (Å²) in [5, 5.41) is 6.35. The lowest BCUT2D eigenvalue weighted by Gasteiger charge is -1.82. The highest BCUT2D eigenvalue weighted by atomic mass is 32.2. The Morgan fingerprint density at radius 1 is 1.71 bits per heavy atom. The lowest BCUT2D eigenvalue weighted by atomic mass is 10.9. The molecule has 0 unspecified atom stereocenters. The van der Waals surface area contributed by atoms with Crippen molar-refractivity contribution in [3.05, 3.63) is 0 Å². The van der Waals surface area contributed by atoms with Crippen LogP contribution < -0.4 is 0 Å². The van der Waals surface area contributed by atoms with Gasteiger partial charge in [-0.2, -0.15) is 0 Å². The van der Waals surface area contributed by atoms with Gasteiger partial charge in [0.15, 0.2) is 9.84 Å². The smallest absolute Gasteiger partial charge is 0.152 e. The summed E-state index contributed by atoms with van der Waals surface area (Å²) in [6, 6.07) is 0. The van der Waals surface area contributed by atoms with Crippen LogP contribution in [0.1, 0.15) is 0 Å².